The molecule has 0 heterocycles. The molecule has 0 radical (unpaired) electrons. The molecule has 1 atom stereocenters. The normalized spacial score (nSPS) is 12.0. The molecule has 168 valence electrons. The number of hydrogen-bond donors (Lipinski definition) is 1. The van der Waals surface area contributed by atoms with Crippen LogP contribution in [-0.2, 0) is 6.42 Å². The van der Waals surface area contributed by atoms with Crippen molar-refractivity contribution >= 4 is 16.7 Å². The van der Waals surface area contributed by atoms with Gasteiger partial charge in [-0.2, -0.15) is 0 Å². The molecule has 0 unspecified atom stereocenters. The fourth-order valence-corrected chi connectivity index (χ4v) is 4.37. The molecule has 3 nitrogen and oxygen atoms in total. The van der Waals surface area contributed by atoms with Crippen LogP contribution in [0.2, 0.25) is 0 Å². The van der Waals surface area contributed by atoms with E-state index < -0.39 is 11.8 Å². The predicted octanol–water partition coefficient (Wildman–Crippen LogP) is 7.48. The zero-order valence-corrected chi connectivity index (χ0v) is 18.8. The fourth-order valence-electron chi connectivity index (χ4n) is 4.37. The smallest absolute Gasteiger partial charge is 0.338 e. The maximum Gasteiger partial charge on any atom is 0.338 e. The first-order valence-corrected chi connectivity index (χ1v) is 11.2. The van der Waals surface area contributed by atoms with Gasteiger partial charge in [-0.25, -0.2) is 9.18 Å². The quantitative estimate of drug-likeness (QED) is 0.308. The number of carbonyl (C=O) groups is 1. The zero-order chi connectivity index (χ0) is 23.4. The number of carboxylic acid groups (broad SMARTS) is 1. The van der Waals surface area contributed by atoms with Crippen molar-refractivity contribution in [1.82, 2.24) is 0 Å². The highest BCUT2D eigenvalue weighted by atomic mass is 19.1. The van der Waals surface area contributed by atoms with Gasteiger partial charge < -0.3 is 9.84 Å². The van der Waals surface area contributed by atoms with Gasteiger partial charge in [-0.15, -0.1) is 0 Å². The lowest BCUT2D eigenvalue weighted by molar-refractivity contribution is 0.0692. The number of methoxy groups -OCH3 is 1. The van der Waals surface area contributed by atoms with Crippen molar-refractivity contribution in [3.63, 3.8) is 0 Å². The number of ether oxygens (including phenoxy) is 1. The molecular formula is C29H27FO3. The monoisotopic (exact) mass is 442 g/mol. The molecule has 0 aliphatic heterocycles. The zero-order valence-electron chi connectivity index (χ0n) is 18.8. The largest absolute Gasteiger partial charge is 0.497 e. The summed E-state index contributed by atoms with van der Waals surface area (Å²) in [7, 11) is 1.68. The van der Waals surface area contributed by atoms with Gasteiger partial charge in [-0.3, -0.25) is 0 Å². The molecule has 0 aromatic heterocycles. The van der Waals surface area contributed by atoms with Gasteiger partial charge in [0.2, 0.25) is 0 Å². The van der Waals surface area contributed by atoms with Crippen LogP contribution in [-0.4, -0.2) is 18.2 Å². The van der Waals surface area contributed by atoms with Crippen LogP contribution in [0.4, 0.5) is 4.39 Å². The summed E-state index contributed by atoms with van der Waals surface area (Å²) < 4.78 is 20.4. The van der Waals surface area contributed by atoms with E-state index in [9.17, 15) is 9.90 Å². The molecule has 0 fully saturated rings. The number of rotatable bonds is 8. The van der Waals surface area contributed by atoms with Gasteiger partial charge in [0.1, 0.15) is 11.6 Å². The molecule has 0 amide bonds. The van der Waals surface area contributed by atoms with Crippen LogP contribution in [0.5, 0.6) is 5.75 Å². The minimum Gasteiger partial charge on any atom is -0.497 e. The van der Waals surface area contributed by atoms with E-state index >= 15 is 4.39 Å². The summed E-state index contributed by atoms with van der Waals surface area (Å²) in [5, 5.41) is 11.3. The first-order chi connectivity index (χ1) is 16.0. The number of aromatic carboxylic acids is 1. The van der Waals surface area contributed by atoms with Gasteiger partial charge in [-0.05, 0) is 70.8 Å². The first kappa shape index (κ1) is 22.5. The maximum absolute atomic E-state index is 15.1. The van der Waals surface area contributed by atoms with Gasteiger partial charge in [0.25, 0.3) is 0 Å². The SMILES string of the molecule is COc1cccc([C@@H](C)CCCc2cc(-c3cccc(C(=O)O)c3F)c3ccccc3c2)c1. The summed E-state index contributed by atoms with van der Waals surface area (Å²) in [6.07, 6.45) is 2.85. The Morgan fingerprint density at radius 1 is 0.970 bits per heavy atom. The Morgan fingerprint density at radius 2 is 1.76 bits per heavy atom. The highest BCUT2D eigenvalue weighted by molar-refractivity contribution is 5.99. The van der Waals surface area contributed by atoms with Crippen LogP contribution in [0.15, 0.2) is 78.9 Å². The summed E-state index contributed by atoms with van der Waals surface area (Å²) in [4.78, 5) is 11.5. The van der Waals surface area contributed by atoms with E-state index in [4.69, 9.17) is 4.74 Å². The summed E-state index contributed by atoms with van der Waals surface area (Å²) in [6, 6.07) is 24.7. The van der Waals surface area contributed by atoms with Crippen molar-refractivity contribution in [2.45, 2.75) is 32.1 Å². The lowest BCUT2D eigenvalue weighted by atomic mass is 9.91. The highest BCUT2D eigenvalue weighted by Crippen LogP contribution is 2.34. The van der Waals surface area contributed by atoms with Crippen LogP contribution in [0, 0.1) is 5.82 Å². The molecule has 1 N–H and O–H groups in total. The van der Waals surface area contributed by atoms with Crippen molar-refractivity contribution in [3.05, 3.63) is 101 Å². The van der Waals surface area contributed by atoms with Gasteiger partial charge in [-0.1, -0.05) is 67.6 Å². The van der Waals surface area contributed by atoms with Gasteiger partial charge >= 0.3 is 5.97 Å². The minimum atomic E-state index is -1.26. The second-order valence-corrected chi connectivity index (χ2v) is 8.41. The third-order valence-corrected chi connectivity index (χ3v) is 6.21. The van der Waals surface area contributed by atoms with E-state index in [1.54, 1.807) is 19.2 Å². The third kappa shape index (κ3) is 4.90. The molecule has 33 heavy (non-hydrogen) atoms. The fraction of sp³-hybridized carbons (Fsp3) is 0.207. The van der Waals surface area contributed by atoms with E-state index in [0.717, 1.165) is 46.9 Å². The van der Waals surface area contributed by atoms with E-state index in [1.807, 2.05) is 42.5 Å². The Balaban J connectivity index is 1.61. The average molecular weight is 443 g/mol. The number of aryl methyl sites for hydroxylation is 1. The number of fused-ring (bicyclic) bond motifs is 1. The van der Waals surface area contributed by atoms with Gasteiger partial charge in [0.15, 0.2) is 0 Å². The van der Waals surface area contributed by atoms with Crippen molar-refractivity contribution in [2.24, 2.45) is 0 Å². The Hall–Kier alpha value is -3.66. The Labute approximate surface area is 193 Å². The summed E-state index contributed by atoms with van der Waals surface area (Å²) in [6.45, 7) is 2.22. The molecule has 0 saturated carbocycles. The Kier molecular flexibility index (Phi) is 6.74. The summed E-state index contributed by atoms with van der Waals surface area (Å²) in [5.74, 6) is -0.700. The molecule has 4 heteroatoms. The minimum absolute atomic E-state index is 0.311. The number of hydrogen-bond acceptors (Lipinski definition) is 2. The molecule has 0 aliphatic carbocycles. The van der Waals surface area contributed by atoms with E-state index in [1.165, 1.54) is 11.6 Å². The molecule has 4 aromatic rings. The van der Waals surface area contributed by atoms with E-state index in [-0.39, 0.29) is 5.56 Å². The standard InChI is InChI=1S/C29H27FO3/c1-19(21-11-6-12-23(18-21)33-2)8-5-9-20-16-22-10-3-4-13-24(22)27(17-20)25-14-7-15-26(28(25)30)29(31)32/h3-4,6-7,10-19H,5,8-9H2,1-2H3,(H,31,32)/t19-/m0/s1. The second-order valence-electron chi connectivity index (χ2n) is 8.41. The Bertz CT molecular complexity index is 1300. The predicted molar refractivity (Wildman–Crippen MR) is 131 cm³/mol. The molecular weight excluding hydrogens is 415 g/mol. The molecule has 4 aromatic carbocycles. The van der Waals surface area contributed by atoms with Crippen LogP contribution < -0.4 is 4.74 Å². The molecule has 0 spiro atoms. The van der Waals surface area contributed by atoms with Gasteiger partial charge in [0.05, 0.1) is 12.7 Å². The first-order valence-electron chi connectivity index (χ1n) is 11.2. The summed E-state index contributed by atoms with van der Waals surface area (Å²) in [5.41, 5.74) is 3.10. The average Bonchev–Trinajstić information content (AvgIpc) is 2.83. The van der Waals surface area contributed by atoms with E-state index in [0.29, 0.717) is 11.5 Å². The van der Waals surface area contributed by atoms with Crippen molar-refractivity contribution < 1.29 is 19.0 Å². The maximum atomic E-state index is 15.1. The van der Waals surface area contributed by atoms with Crippen LogP contribution in [0.25, 0.3) is 21.9 Å². The lowest BCUT2D eigenvalue weighted by Gasteiger charge is -2.15. The molecule has 0 saturated heterocycles. The van der Waals surface area contributed by atoms with Gasteiger partial charge in [0, 0.05) is 5.56 Å². The van der Waals surface area contributed by atoms with Crippen LogP contribution >= 0.6 is 0 Å². The second kappa shape index (κ2) is 9.86. The van der Waals surface area contributed by atoms with Crippen LogP contribution in [0.1, 0.15) is 47.2 Å². The number of carboxylic acids is 1. The summed E-state index contributed by atoms with van der Waals surface area (Å²) >= 11 is 0. The third-order valence-electron chi connectivity index (χ3n) is 6.21. The van der Waals surface area contributed by atoms with E-state index in [2.05, 4.69) is 25.1 Å². The Morgan fingerprint density at radius 3 is 2.55 bits per heavy atom. The van der Waals surface area contributed by atoms with Crippen LogP contribution in [0.3, 0.4) is 0 Å². The van der Waals surface area contributed by atoms with Crippen molar-refractivity contribution in [2.75, 3.05) is 7.11 Å². The van der Waals surface area contributed by atoms with Crippen molar-refractivity contribution in [3.8, 4) is 16.9 Å². The molecule has 0 bridgehead atoms. The lowest BCUT2D eigenvalue weighted by Crippen LogP contribution is -2.02. The topological polar surface area (TPSA) is 46.5 Å². The van der Waals surface area contributed by atoms with Crippen molar-refractivity contribution in [1.29, 1.82) is 0 Å². The number of halogens is 1. The highest BCUT2D eigenvalue weighted by Gasteiger charge is 2.17. The molecule has 0 aliphatic rings. The number of benzene rings is 4. The molecule has 4 rings (SSSR count).